The van der Waals surface area contributed by atoms with Crippen molar-refractivity contribution >= 4 is 11.9 Å². The summed E-state index contributed by atoms with van der Waals surface area (Å²) in [4.78, 5) is 10.8. The zero-order chi connectivity index (χ0) is 12.0. The molecule has 2 nitrogen and oxygen atoms in total. The minimum absolute atomic E-state index is 0.00246. The molecule has 0 unspecified atom stereocenters. The Kier molecular flexibility index (Phi) is 4.52. The number of ether oxygens (including phenoxy) is 1. The van der Waals surface area contributed by atoms with Crippen molar-refractivity contribution in [2.24, 2.45) is 0 Å². The lowest BCUT2D eigenvalue weighted by atomic mass is 10.1. The van der Waals surface area contributed by atoms with Crippen LogP contribution in [0.5, 0.6) is 0 Å². The lowest BCUT2D eigenvalue weighted by Gasteiger charge is -2.06. The van der Waals surface area contributed by atoms with Crippen LogP contribution in [0.4, 0.5) is 0 Å². The average molecular weight is 216 g/mol. The normalized spacial score (nSPS) is 11.0. The number of ketones is 1. The first-order valence-electron chi connectivity index (χ1n) is 5.15. The van der Waals surface area contributed by atoms with Gasteiger partial charge in [-0.2, -0.15) is 0 Å². The number of carbonyl (C=O) groups is 1. The zero-order valence-corrected chi connectivity index (χ0v) is 9.69. The molecule has 0 spiro atoms. The second kappa shape index (κ2) is 5.91. The van der Waals surface area contributed by atoms with Gasteiger partial charge in [-0.25, -0.2) is 0 Å². The molecule has 0 aliphatic heterocycles. The minimum atomic E-state index is -0.00246. The van der Waals surface area contributed by atoms with Crippen molar-refractivity contribution in [2.75, 3.05) is 0 Å². The molecule has 0 saturated heterocycles. The molecular weight excluding hydrogens is 200 g/mol. The van der Waals surface area contributed by atoms with Crippen LogP contribution in [0.2, 0.25) is 0 Å². The van der Waals surface area contributed by atoms with Crippen LogP contribution in [0.3, 0.4) is 0 Å². The Bertz CT molecular complexity index is 416. The van der Waals surface area contributed by atoms with Gasteiger partial charge in [0.15, 0.2) is 5.78 Å². The van der Waals surface area contributed by atoms with Crippen LogP contribution in [0.1, 0.15) is 25.0 Å². The third-order valence-electron chi connectivity index (χ3n) is 2.06. The summed E-state index contributed by atoms with van der Waals surface area (Å²) in [7, 11) is 0. The first-order valence-corrected chi connectivity index (χ1v) is 5.15. The lowest BCUT2D eigenvalue weighted by Crippen LogP contribution is -1.94. The summed E-state index contributed by atoms with van der Waals surface area (Å²) in [6, 6.07) is 7.93. The van der Waals surface area contributed by atoms with Crippen LogP contribution in [-0.4, -0.2) is 5.78 Å². The van der Waals surface area contributed by atoms with Gasteiger partial charge in [-0.05, 0) is 31.0 Å². The van der Waals surface area contributed by atoms with Crippen LogP contribution in [0.25, 0.3) is 6.08 Å². The fourth-order valence-electron chi connectivity index (χ4n) is 1.33. The van der Waals surface area contributed by atoms with Crippen LogP contribution >= 0.6 is 0 Å². The third-order valence-corrected chi connectivity index (χ3v) is 2.06. The number of hydrogen-bond donors (Lipinski definition) is 0. The molecule has 0 heterocycles. The number of hydrogen-bond acceptors (Lipinski definition) is 2. The Hall–Kier alpha value is -1.83. The molecule has 0 radical (unpaired) electrons. The van der Waals surface area contributed by atoms with E-state index in [4.69, 9.17) is 4.74 Å². The van der Waals surface area contributed by atoms with Gasteiger partial charge in [0.25, 0.3) is 0 Å². The number of allylic oxidation sites excluding steroid dienone is 2. The van der Waals surface area contributed by atoms with Crippen LogP contribution in [0.15, 0.2) is 42.7 Å². The van der Waals surface area contributed by atoms with Gasteiger partial charge in [0.05, 0.1) is 5.76 Å². The van der Waals surface area contributed by atoms with E-state index in [2.05, 4.69) is 6.58 Å². The summed E-state index contributed by atoms with van der Waals surface area (Å²) in [6.07, 6.45) is 3.28. The molecule has 1 rings (SSSR count). The molecule has 0 bridgehead atoms. The standard InChI is InChI=1S/C14H16O2/c1-4-13-6-5-7-14(9-13)10-16-12(3)8-11(2)15/h4-9H,1,10H2,2-3H3/b12-8+. The Morgan fingerprint density at radius 1 is 1.44 bits per heavy atom. The van der Waals surface area contributed by atoms with Gasteiger partial charge in [0, 0.05) is 6.08 Å². The Morgan fingerprint density at radius 3 is 2.81 bits per heavy atom. The van der Waals surface area contributed by atoms with E-state index in [1.807, 2.05) is 24.3 Å². The molecule has 84 valence electrons. The van der Waals surface area contributed by atoms with E-state index in [0.717, 1.165) is 11.1 Å². The monoisotopic (exact) mass is 216 g/mol. The molecule has 0 saturated carbocycles. The number of carbonyl (C=O) groups excluding carboxylic acids is 1. The molecule has 0 fully saturated rings. The topological polar surface area (TPSA) is 26.3 Å². The van der Waals surface area contributed by atoms with E-state index in [1.165, 1.54) is 13.0 Å². The van der Waals surface area contributed by atoms with Gasteiger partial charge in [0.2, 0.25) is 0 Å². The SMILES string of the molecule is C=Cc1cccc(CO/C(C)=C/C(C)=O)c1. The highest BCUT2D eigenvalue weighted by molar-refractivity contribution is 5.87. The Labute approximate surface area is 96.2 Å². The maximum absolute atomic E-state index is 10.8. The summed E-state index contributed by atoms with van der Waals surface area (Å²) >= 11 is 0. The first kappa shape index (κ1) is 12.2. The summed E-state index contributed by atoms with van der Waals surface area (Å²) in [5, 5.41) is 0. The lowest BCUT2D eigenvalue weighted by molar-refractivity contribution is -0.112. The summed E-state index contributed by atoms with van der Waals surface area (Å²) in [6.45, 7) is 7.46. The molecule has 0 aliphatic rings. The molecule has 1 aromatic carbocycles. The number of rotatable bonds is 5. The molecule has 0 amide bonds. The maximum atomic E-state index is 10.8. The molecule has 0 aromatic heterocycles. The highest BCUT2D eigenvalue weighted by Gasteiger charge is 1.96. The van der Waals surface area contributed by atoms with Gasteiger partial charge < -0.3 is 4.74 Å². The first-order chi connectivity index (χ1) is 7.61. The highest BCUT2D eigenvalue weighted by Crippen LogP contribution is 2.09. The molecule has 0 N–H and O–H groups in total. The van der Waals surface area contributed by atoms with E-state index < -0.39 is 0 Å². The summed E-state index contributed by atoms with van der Waals surface area (Å²) in [5.74, 6) is 0.633. The van der Waals surface area contributed by atoms with E-state index in [-0.39, 0.29) is 5.78 Å². The summed E-state index contributed by atoms with van der Waals surface area (Å²) < 4.78 is 5.44. The van der Waals surface area contributed by atoms with Crippen molar-refractivity contribution in [1.29, 1.82) is 0 Å². The van der Waals surface area contributed by atoms with Crippen molar-refractivity contribution in [3.8, 4) is 0 Å². The highest BCUT2D eigenvalue weighted by atomic mass is 16.5. The second-order valence-corrected chi connectivity index (χ2v) is 3.60. The molecule has 2 heteroatoms. The van der Waals surface area contributed by atoms with Crippen LogP contribution in [-0.2, 0) is 16.1 Å². The van der Waals surface area contributed by atoms with Gasteiger partial charge >= 0.3 is 0 Å². The fourth-order valence-corrected chi connectivity index (χ4v) is 1.33. The van der Waals surface area contributed by atoms with E-state index >= 15 is 0 Å². The van der Waals surface area contributed by atoms with Crippen LogP contribution in [0, 0.1) is 0 Å². The Balaban J connectivity index is 2.60. The second-order valence-electron chi connectivity index (χ2n) is 3.60. The predicted molar refractivity (Wildman–Crippen MR) is 65.8 cm³/mol. The quantitative estimate of drug-likeness (QED) is 0.557. The molecule has 0 aliphatic carbocycles. The Morgan fingerprint density at radius 2 is 2.19 bits per heavy atom. The van der Waals surface area contributed by atoms with Crippen molar-refractivity contribution in [1.82, 2.24) is 0 Å². The van der Waals surface area contributed by atoms with Crippen molar-refractivity contribution in [3.05, 3.63) is 53.8 Å². The van der Waals surface area contributed by atoms with Crippen LogP contribution < -0.4 is 0 Å². The van der Waals surface area contributed by atoms with Gasteiger partial charge in [-0.1, -0.05) is 30.9 Å². The van der Waals surface area contributed by atoms with Crippen molar-refractivity contribution in [2.45, 2.75) is 20.5 Å². The molecule has 1 aromatic rings. The van der Waals surface area contributed by atoms with Crippen molar-refractivity contribution < 1.29 is 9.53 Å². The molecular formula is C14H16O2. The maximum Gasteiger partial charge on any atom is 0.155 e. The number of benzene rings is 1. The van der Waals surface area contributed by atoms with Gasteiger partial charge in [-0.15, -0.1) is 0 Å². The zero-order valence-electron chi connectivity index (χ0n) is 9.69. The van der Waals surface area contributed by atoms with Crippen molar-refractivity contribution in [3.63, 3.8) is 0 Å². The largest absolute Gasteiger partial charge is 0.493 e. The fraction of sp³-hybridized carbons (Fsp3) is 0.214. The predicted octanol–water partition coefficient (Wildman–Crippen LogP) is 3.34. The molecule has 0 atom stereocenters. The smallest absolute Gasteiger partial charge is 0.155 e. The van der Waals surface area contributed by atoms with E-state index in [9.17, 15) is 4.79 Å². The van der Waals surface area contributed by atoms with Gasteiger partial charge in [0.1, 0.15) is 6.61 Å². The van der Waals surface area contributed by atoms with E-state index in [0.29, 0.717) is 12.4 Å². The van der Waals surface area contributed by atoms with E-state index in [1.54, 1.807) is 13.0 Å². The van der Waals surface area contributed by atoms with Gasteiger partial charge in [-0.3, -0.25) is 4.79 Å². The third kappa shape index (κ3) is 4.13. The summed E-state index contributed by atoms with van der Waals surface area (Å²) in [5.41, 5.74) is 2.13. The molecule has 16 heavy (non-hydrogen) atoms. The average Bonchev–Trinajstić information content (AvgIpc) is 2.26. The minimum Gasteiger partial charge on any atom is -0.493 e.